The number of anilines is 5. The fraction of sp³-hybridized carbons (Fsp3) is 0.125. The Bertz CT molecular complexity index is 2270. The van der Waals surface area contributed by atoms with E-state index in [0.717, 1.165) is 12.1 Å². The fourth-order valence-electron chi connectivity index (χ4n) is 3.81. The molecule has 6 N–H and O–H groups in total. The third-order valence-corrected chi connectivity index (χ3v) is 10.1. The van der Waals surface area contributed by atoms with E-state index in [1.165, 1.54) is 43.3 Å². The van der Waals surface area contributed by atoms with Gasteiger partial charge in [-0.1, -0.05) is 6.07 Å². The summed E-state index contributed by atoms with van der Waals surface area (Å²) in [6.45, 7) is 0.777. The predicted octanol–water partition coefficient (Wildman–Crippen LogP) is 3.40. The average Bonchev–Trinajstić information content (AvgIpc) is 2.96. The molecule has 0 saturated heterocycles. The molecule has 48 heavy (non-hydrogen) atoms. The zero-order valence-corrected chi connectivity index (χ0v) is 28.0. The molecular formula is C24H22ClN8O11S4-. The Morgan fingerprint density at radius 2 is 1.42 bits per heavy atom. The first kappa shape index (κ1) is 36.6. The van der Waals surface area contributed by atoms with Crippen LogP contribution in [0.25, 0.3) is 0 Å². The Morgan fingerprint density at radius 3 is 2.00 bits per heavy atom. The molecule has 1 atom stereocenters. The number of aryl methyl sites for hydroxylation is 1. The second-order valence-electron chi connectivity index (χ2n) is 9.38. The Hall–Kier alpha value is -4.20. The van der Waals surface area contributed by atoms with Crippen LogP contribution < -0.4 is 16.4 Å². The van der Waals surface area contributed by atoms with Crippen molar-refractivity contribution in [1.82, 2.24) is 15.0 Å². The van der Waals surface area contributed by atoms with E-state index < -0.39 is 69.3 Å². The summed E-state index contributed by atoms with van der Waals surface area (Å²) in [5.41, 5.74) is 6.54. The summed E-state index contributed by atoms with van der Waals surface area (Å²) < 4.78 is 117. The third-order valence-electron chi connectivity index (χ3n) is 5.98. The first-order valence-electron chi connectivity index (χ1n) is 12.7. The van der Waals surface area contributed by atoms with E-state index >= 15 is 0 Å². The number of halogens is 1. The summed E-state index contributed by atoms with van der Waals surface area (Å²) in [4.78, 5) is 10.3. The van der Waals surface area contributed by atoms with E-state index in [1.54, 1.807) is 0 Å². The van der Waals surface area contributed by atoms with Gasteiger partial charge in [-0.3, -0.25) is 13.3 Å². The number of hydrogen-bond acceptors (Lipinski definition) is 17. The number of nitrogens with one attached hydrogen (secondary N) is 2. The third kappa shape index (κ3) is 9.68. The van der Waals surface area contributed by atoms with Gasteiger partial charge in [0, 0.05) is 11.4 Å². The van der Waals surface area contributed by atoms with E-state index in [1.807, 2.05) is 0 Å². The van der Waals surface area contributed by atoms with Crippen molar-refractivity contribution in [2.45, 2.75) is 21.6 Å². The van der Waals surface area contributed by atoms with Crippen molar-refractivity contribution in [2.75, 3.05) is 28.7 Å². The number of benzene rings is 3. The van der Waals surface area contributed by atoms with Crippen LogP contribution in [0.4, 0.5) is 40.3 Å². The minimum absolute atomic E-state index is 0.0167. The van der Waals surface area contributed by atoms with Gasteiger partial charge in [0.05, 0.1) is 39.2 Å². The molecular weight excluding hydrogens is 740 g/mol. The Labute approximate surface area is 280 Å². The predicted molar refractivity (Wildman–Crippen MR) is 171 cm³/mol. The maximum Gasteiger partial charge on any atom is 0.296 e. The van der Waals surface area contributed by atoms with Crippen LogP contribution in [0.15, 0.2) is 79.5 Å². The molecule has 0 spiro atoms. The molecule has 0 radical (unpaired) electrons. The van der Waals surface area contributed by atoms with E-state index in [2.05, 4.69) is 40.0 Å². The molecule has 0 bridgehead atoms. The van der Waals surface area contributed by atoms with E-state index in [0.29, 0.717) is 17.3 Å². The van der Waals surface area contributed by atoms with Gasteiger partial charge >= 0.3 is 0 Å². The number of nitrogens with two attached hydrogens (primary N) is 1. The number of azo groups is 1. The maximum absolute atomic E-state index is 12.5. The number of aromatic nitrogens is 3. The van der Waals surface area contributed by atoms with Crippen LogP contribution in [0.2, 0.25) is 5.28 Å². The monoisotopic (exact) mass is 761 g/mol. The lowest BCUT2D eigenvalue weighted by Gasteiger charge is -2.11. The van der Waals surface area contributed by atoms with Crippen LogP contribution in [0, 0.1) is 6.92 Å². The summed E-state index contributed by atoms with van der Waals surface area (Å²) in [6, 6.07) is 11.0. The van der Waals surface area contributed by atoms with Crippen molar-refractivity contribution in [3.63, 3.8) is 0 Å². The van der Waals surface area contributed by atoms with Crippen molar-refractivity contribution in [1.29, 1.82) is 0 Å². The van der Waals surface area contributed by atoms with Gasteiger partial charge in [-0.25, -0.2) is 12.6 Å². The fourth-order valence-corrected chi connectivity index (χ4v) is 6.88. The van der Waals surface area contributed by atoms with Gasteiger partial charge in [0.15, 0.2) is 9.84 Å². The molecule has 4 aromatic rings. The lowest BCUT2D eigenvalue weighted by Crippen LogP contribution is -2.14. The molecule has 0 aliphatic heterocycles. The van der Waals surface area contributed by atoms with E-state index in [-0.39, 0.29) is 39.1 Å². The quantitative estimate of drug-likeness (QED) is 0.0564. The summed E-state index contributed by atoms with van der Waals surface area (Å²) in [7, 11) is -13.7. The van der Waals surface area contributed by atoms with Gasteiger partial charge in [0.2, 0.25) is 17.2 Å². The molecule has 0 fully saturated rings. The number of rotatable bonds is 13. The molecule has 1 unspecified atom stereocenters. The normalized spacial score (nSPS) is 13.0. The Kier molecular flexibility index (Phi) is 11.1. The lowest BCUT2D eigenvalue weighted by molar-refractivity contribution is 0.318. The van der Waals surface area contributed by atoms with Crippen LogP contribution in [-0.4, -0.2) is 70.4 Å². The minimum Gasteiger partial charge on any atom is -0.750 e. The summed E-state index contributed by atoms with van der Waals surface area (Å²) in [5.74, 6) is -0.945. The number of hydrogen-bond donors (Lipinski definition) is 5. The highest BCUT2D eigenvalue weighted by Gasteiger charge is 2.22. The van der Waals surface area contributed by atoms with Crippen molar-refractivity contribution in [3.8, 4) is 0 Å². The largest absolute Gasteiger partial charge is 0.750 e. The second kappa shape index (κ2) is 14.5. The molecule has 3 aromatic carbocycles. The smallest absolute Gasteiger partial charge is 0.296 e. The zero-order chi connectivity index (χ0) is 35.4. The van der Waals surface area contributed by atoms with Crippen LogP contribution >= 0.6 is 11.6 Å². The first-order valence-corrected chi connectivity index (χ1v) is 18.6. The van der Waals surface area contributed by atoms with Gasteiger partial charge in [-0.2, -0.15) is 31.8 Å². The van der Waals surface area contributed by atoms with Gasteiger partial charge in [-0.05, 0) is 72.6 Å². The van der Waals surface area contributed by atoms with Crippen LogP contribution in [-0.2, 0) is 45.6 Å². The topological polar surface area (TPSA) is 306 Å². The molecule has 0 amide bonds. The van der Waals surface area contributed by atoms with Crippen molar-refractivity contribution < 1.29 is 47.3 Å². The SMILES string of the molecule is Cc1ccc(Nc2nc(Cl)nc(Nc3ccc(N=Nc4ccc(S(=O)(=O)CCOS(=O)[O-])cc4S(=O)(=O)O)c(N)c3)n2)cc1S(=O)(=O)O. The average molecular weight is 762 g/mol. The minimum atomic E-state index is -5.01. The first-order chi connectivity index (χ1) is 22.3. The highest BCUT2D eigenvalue weighted by Crippen LogP contribution is 2.32. The molecule has 4 rings (SSSR count). The van der Waals surface area contributed by atoms with Crippen molar-refractivity contribution in [3.05, 3.63) is 65.4 Å². The van der Waals surface area contributed by atoms with E-state index in [9.17, 15) is 43.1 Å². The zero-order valence-electron chi connectivity index (χ0n) is 24.0. The lowest BCUT2D eigenvalue weighted by atomic mass is 10.2. The summed E-state index contributed by atoms with van der Waals surface area (Å²) in [5, 5.41) is 13.0. The Morgan fingerprint density at radius 1 is 0.854 bits per heavy atom. The number of nitrogen functional groups attached to an aromatic ring is 1. The summed E-state index contributed by atoms with van der Waals surface area (Å²) in [6.07, 6.45) is 0. The highest BCUT2D eigenvalue weighted by atomic mass is 35.5. The van der Waals surface area contributed by atoms with Crippen molar-refractivity contribution >= 4 is 93.4 Å². The molecule has 1 aromatic heterocycles. The van der Waals surface area contributed by atoms with Crippen LogP contribution in [0.3, 0.4) is 0 Å². The van der Waals surface area contributed by atoms with Crippen molar-refractivity contribution in [2.24, 2.45) is 10.2 Å². The summed E-state index contributed by atoms with van der Waals surface area (Å²) >= 11 is 3.07. The molecule has 19 nitrogen and oxygen atoms in total. The Balaban J connectivity index is 1.54. The van der Waals surface area contributed by atoms with E-state index in [4.69, 9.17) is 17.3 Å². The molecule has 1 heterocycles. The molecule has 24 heteroatoms. The highest BCUT2D eigenvalue weighted by molar-refractivity contribution is 7.91. The molecule has 0 aliphatic carbocycles. The van der Waals surface area contributed by atoms with Crippen LogP contribution in [0.5, 0.6) is 0 Å². The maximum atomic E-state index is 12.5. The molecule has 0 saturated carbocycles. The number of nitrogens with zero attached hydrogens (tertiary/aromatic N) is 5. The van der Waals surface area contributed by atoms with Gasteiger partial charge in [0.1, 0.15) is 16.3 Å². The molecule has 0 aliphatic rings. The van der Waals surface area contributed by atoms with Gasteiger partial charge in [0.25, 0.3) is 20.2 Å². The van der Waals surface area contributed by atoms with Gasteiger partial charge < -0.3 is 20.9 Å². The van der Waals surface area contributed by atoms with Gasteiger partial charge in [-0.15, -0.1) is 10.2 Å². The van der Waals surface area contributed by atoms with Crippen LogP contribution in [0.1, 0.15) is 5.56 Å². The number of sulfone groups is 1. The molecule has 256 valence electrons. The second-order valence-corrected chi connectivity index (χ2v) is 15.3. The standard InChI is InChI=1S/C24H23ClN8O11S4/c1-13-2-3-15(11-20(13)47(38,39)40)28-24-30-22(25)29-23(31-24)27-14-4-6-18(17(26)10-14)32-33-19-7-5-16(12-21(19)48(41,42)43)46(36,37)9-8-44-45(34)35/h2-7,10-12H,8-9,26H2,1H3,(H,34,35)(H,38,39,40)(H,41,42,43)(H2,27,28,29,30,31)/p-1.